The Bertz CT molecular complexity index is 638. The van der Waals surface area contributed by atoms with Crippen LogP contribution in [0.4, 0.5) is 5.69 Å². The SMILES string of the molecule is CCS(=O)(=O)CCCOc1ccc([N+](=O)[O-])cc1C(C)=O. The lowest BCUT2D eigenvalue weighted by molar-refractivity contribution is -0.384. The molecule has 0 aliphatic rings. The van der Waals surface area contributed by atoms with Gasteiger partial charge >= 0.3 is 0 Å². The first-order valence-corrected chi connectivity index (χ1v) is 8.21. The molecule has 0 saturated heterocycles. The number of carbonyl (C=O) groups is 1. The Morgan fingerprint density at radius 3 is 2.57 bits per heavy atom. The number of Topliss-reactive ketones (excluding diaryl/α,β-unsaturated/α-hetero) is 1. The van der Waals surface area contributed by atoms with Crippen LogP contribution >= 0.6 is 0 Å². The summed E-state index contributed by atoms with van der Waals surface area (Å²) in [7, 11) is -3.05. The van der Waals surface area contributed by atoms with E-state index in [-0.39, 0.29) is 40.9 Å². The molecule has 0 spiro atoms. The fourth-order valence-corrected chi connectivity index (χ4v) is 2.48. The van der Waals surface area contributed by atoms with Gasteiger partial charge in [0, 0.05) is 17.9 Å². The van der Waals surface area contributed by atoms with E-state index < -0.39 is 14.8 Å². The topological polar surface area (TPSA) is 104 Å². The maximum atomic E-state index is 11.5. The van der Waals surface area contributed by atoms with Crippen LogP contribution in [-0.4, -0.2) is 37.2 Å². The van der Waals surface area contributed by atoms with Gasteiger partial charge in [-0.15, -0.1) is 0 Å². The fourth-order valence-electron chi connectivity index (χ4n) is 1.64. The van der Waals surface area contributed by atoms with Crippen LogP contribution in [0.15, 0.2) is 18.2 Å². The summed E-state index contributed by atoms with van der Waals surface area (Å²) in [6.45, 7) is 2.98. The van der Waals surface area contributed by atoms with Crippen molar-refractivity contribution in [1.82, 2.24) is 0 Å². The number of nitro groups is 1. The van der Waals surface area contributed by atoms with Gasteiger partial charge in [-0.3, -0.25) is 14.9 Å². The van der Waals surface area contributed by atoms with E-state index in [4.69, 9.17) is 4.74 Å². The largest absolute Gasteiger partial charge is 0.493 e. The predicted octanol–water partition coefficient (Wildman–Crippen LogP) is 2.00. The lowest BCUT2D eigenvalue weighted by Gasteiger charge is -2.09. The number of rotatable bonds is 8. The molecular formula is C13H17NO6S. The number of ether oxygens (including phenoxy) is 1. The van der Waals surface area contributed by atoms with Gasteiger partial charge in [0.25, 0.3) is 5.69 Å². The van der Waals surface area contributed by atoms with E-state index >= 15 is 0 Å². The van der Waals surface area contributed by atoms with Gasteiger partial charge in [-0.2, -0.15) is 0 Å². The number of non-ortho nitro benzene ring substituents is 1. The molecule has 116 valence electrons. The molecule has 0 heterocycles. The van der Waals surface area contributed by atoms with Gasteiger partial charge < -0.3 is 4.74 Å². The van der Waals surface area contributed by atoms with Crippen molar-refractivity contribution in [1.29, 1.82) is 0 Å². The second kappa shape index (κ2) is 7.16. The third kappa shape index (κ3) is 5.14. The molecule has 1 aromatic carbocycles. The fraction of sp³-hybridized carbons (Fsp3) is 0.462. The van der Waals surface area contributed by atoms with E-state index in [1.807, 2.05) is 0 Å². The van der Waals surface area contributed by atoms with Crippen LogP contribution in [0.25, 0.3) is 0 Å². The van der Waals surface area contributed by atoms with Gasteiger partial charge in [-0.1, -0.05) is 6.92 Å². The number of nitro benzene ring substituents is 1. The molecule has 0 aromatic heterocycles. The number of hydrogen-bond acceptors (Lipinski definition) is 6. The number of benzene rings is 1. The minimum absolute atomic E-state index is 0.00584. The normalized spacial score (nSPS) is 11.1. The summed E-state index contributed by atoms with van der Waals surface area (Å²) >= 11 is 0. The zero-order valence-corrected chi connectivity index (χ0v) is 12.7. The minimum Gasteiger partial charge on any atom is -0.493 e. The van der Waals surface area contributed by atoms with E-state index in [0.717, 1.165) is 6.07 Å². The van der Waals surface area contributed by atoms with Crippen LogP contribution < -0.4 is 4.74 Å². The number of sulfone groups is 1. The minimum atomic E-state index is -3.05. The Labute approximate surface area is 123 Å². The number of ketones is 1. The van der Waals surface area contributed by atoms with Crippen LogP contribution in [0.5, 0.6) is 5.75 Å². The van der Waals surface area contributed by atoms with Crippen LogP contribution in [0.3, 0.4) is 0 Å². The maximum Gasteiger partial charge on any atom is 0.270 e. The maximum absolute atomic E-state index is 11.5. The summed E-state index contributed by atoms with van der Waals surface area (Å²) in [6.07, 6.45) is 0.296. The summed E-state index contributed by atoms with van der Waals surface area (Å²) in [5, 5.41) is 10.7. The third-order valence-electron chi connectivity index (χ3n) is 2.85. The third-order valence-corrected chi connectivity index (χ3v) is 4.64. The predicted molar refractivity (Wildman–Crippen MR) is 77.5 cm³/mol. The van der Waals surface area contributed by atoms with Crippen molar-refractivity contribution in [3.05, 3.63) is 33.9 Å². The van der Waals surface area contributed by atoms with E-state index in [2.05, 4.69) is 0 Å². The first-order valence-electron chi connectivity index (χ1n) is 6.39. The van der Waals surface area contributed by atoms with Crippen molar-refractivity contribution >= 4 is 21.3 Å². The van der Waals surface area contributed by atoms with Crippen LogP contribution in [0.1, 0.15) is 30.6 Å². The number of carbonyl (C=O) groups excluding carboxylic acids is 1. The van der Waals surface area contributed by atoms with Gasteiger partial charge in [0.1, 0.15) is 15.6 Å². The molecule has 0 N–H and O–H groups in total. The smallest absolute Gasteiger partial charge is 0.270 e. The molecule has 0 radical (unpaired) electrons. The average Bonchev–Trinajstić information content (AvgIpc) is 2.43. The molecule has 7 nitrogen and oxygen atoms in total. The average molecular weight is 315 g/mol. The Balaban J connectivity index is 2.75. The van der Waals surface area contributed by atoms with E-state index in [1.165, 1.54) is 19.1 Å². The molecule has 0 atom stereocenters. The molecule has 0 unspecified atom stereocenters. The Morgan fingerprint density at radius 2 is 2.05 bits per heavy atom. The molecule has 0 aliphatic carbocycles. The summed E-state index contributed by atoms with van der Waals surface area (Å²) in [5.41, 5.74) is -0.0799. The van der Waals surface area contributed by atoms with Gasteiger partial charge in [0.2, 0.25) is 0 Å². The van der Waals surface area contributed by atoms with Crippen LogP contribution in [-0.2, 0) is 9.84 Å². The number of hydrogen-bond donors (Lipinski definition) is 0. The Kier molecular flexibility index (Phi) is 5.83. The van der Waals surface area contributed by atoms with Crippen molar-refractivity contribution in [2.75, 3.05) is 18.1 Å². The molecule has 0 aliphatic heterocycles. The van der Waals surface area contributed by atoms with Gasteiger partial charge in [0.05, 0.1) is 22.8 Å². The van der Waals surface area contributed by atoms with Crippen LogP contribution in [0, 0.1) is 10.1 Å². The zero-order chi connectivity index (χ0) is 16.0. The molecule has 8 heteroatoms. The second-order valence-corrected chi connectivity index (χ2v) is 6.90. The molecule has 1 aromatic rings. The summed E-state index contributed by atoms with van der Waals surface area (Å²) < 4.78 is 28.0. The molecule has 0 amide bonds. The van der Waals surface area contributed by atoms with Crippen LogP contribution in [0.2, 0.25) is 0 Å². The highest BCUT2D eigenvalue weighted by molar-refractivity contribution is 7.91. The molecule has 0 fully saturated rings. The zero-order valence-electron chi connectivity index (χ0n) is 11.9. The highest BCUT2D eigenvalue weighted by Gasteiger charge is 2.15. The highest BCUT2D eigenvalue weighted by atomic mass is 32.2. The lowest BCUT2D eigenvalue weighted by Crippen LogP contribution is -2.12. The van der Waals surface area contributed by atoms with Gasteiger partial charge in [0.15, 0.2) is 5.78 Å². The lowest BCUT2D eigenvalue weighted by atomic mass is 10.1. The monoisotopic (exact) mass is 315 g/mol. The van der Waals surface area contributed by atoms with Gasteiger partial charge in [-0.25, -0.2) is 8.42 Å². The Hall–Kier alpha value is -1.96. The first kappa shape index (κ1) is 17.1. The van der Waals surface area contributed by atoms with E-state index in [0.29, 0.717) is 6.42 Å². The second-order valence-electron chi connectivity index (χ2n) is 4.43. The van der Waals surface area contributed by atoms with Crippen molar-refractivity contribution in [3.63, 3.8) is 0 Å². The van der Waals surface area contributed by atoms with E-state index in [9.17, 15) is 23.3 Å². The first-order chi connectivity index (χ1) is 9.76. The van der Waals surface area contributed by atoms with Crippen molar-refractivity contribution < 1.29 is 22.9 Å². The molecule has 0 saturated carbocycles. The van der Waals surface area contributed by atoms with Crippen molar-refractivity contribution in [3.8, 4) is 5.75 Å². The quantitative estimate of drug-likeness (QED) is 0.314. The molecule has 1 rings (SSSR count). The van der Waals surface area contributed by atoms with E-state index in [1.54, 1.807) is 6.92 Å². The summed E-state index contributed by atoms with van der Waals surface area (Å²) in [5.74, 6) is -0.0494. The summed E-state index contributed by atoms with van der Waals surface area (Å²) in [6, 6.07) is 3.74. The molecule has 21 heavy (non-hydrogen) atoms. The summed E-state index contributed by atoms with van der Waals surface area (Å²) in [4.78, 5) is 21.6. The van der Waals surface area contributed by atoms with Gasteiger partial charge in [-0.05, 0) is 19.4 Å². The highest BCUT2D eigenvalue weighted by Crippen LogP contribution is 2.24. The molecule has 0 bridgehead atoms. The number of nitrogens with zero attached hydrogens (tertiary/aromatic N) is 1. The Morgan fingerprint density at radius 1 is 1.38 bits per heavy atom. The van der Waals surface area contributed by atoms with Crippen molar-refractivity contribution in [2.24, 2.45) is 0 Å². The molecular weight excluding hydrogens is 298 g/mol. The standard InChI is InChI=1S/C13H17NO6S/c1-3-21(18,19)8-4-7-20-13-6-5-11(14(16)17)9-12(13)10(2)15/h5-6,9H,3-4,7-8H2,1-2H3. The van der Waals surface area contributed by atoms with Crippen molar-refractivity contribution in [2.45, 2.75) is 20.3 Å².